The SMILES string of the molecule is COc1cc(-c2ccc(C)cn2)cc2c(N[C@H](C)c3ccn(C)n3)ncnc12. The summed E-state index contributed by atoms with van der Waals surface area (Å²) in [7, 11) is 3.55. The summed E-state index contributed by atoms with van der Waals surface area (Å²) >= 11 is 0. The summed E-state index contributed by atoms with van der Waals surface area (Å²) in [6.45, 7) is 4.07. The summed E-state index contributed by atoms with van der Waals surface area (Å²) in [6.07, 6.45) is 5.33. The van der Waals surface area contributed by atoms with Gasteiger partial charge in [-0.15, -0.1) is 0 Å². The van der Waals surface area contributed by atoms with E-state index in [-0.39, 0.29) is 6.04 Å². The van der Waals surface area contributed by atoms with E-state index in [0.717, 1.165) is 39.2 Å². The first kappa shape index (κ1) is 17.9. The van der Waals surface area contributed by atoms with E-state index in [1.807, 2.05) is 56.7 Å². The molecule has 0 radical (unpaired) electrons. The Bertz CT molecular complexity index is 1120. The molecule has 7 nitrogen and oxygen atoms in total. The van der Waals surface area contributed by atoms with Gasteiger partial charge < -0.3 is 10.1 Å². The molecule has 0 aliphatic carbocycles. The zero-order valence-corrected chi connectivity index (χ0v) is 16.3. The van der Waals surface area contributed by atoms with E-state index >= 15 is 0 Å². The summed E-state index contributed by atoms with van der Waals surface area (Å²) in [4.78, 5) is 13.4. The minimum absolute atomic E-state index is 0.00792. The van der Waals surface area contributed by atoms with Gasteiger partial charge in [0.05, 0.1) is 24.5 Å². The first-order valence-corrected chi connectivity index (χ1v) is 9.07. The first-order chi connectivity index (χ1) is 13.5. The van der Waals surface area contributed by atoms with Gasteiger partial charge in [-0.2, -0.15) is 5.10 Å². The fourth-order valence-corrected chi connectivity index (χ4v) is 3.14. The van der Waals surface area contributed by atoms with Crippen molar-refractivity contribution >= 4 is 16.7 Å². The third-order valence-electron chi connectivity index (χ3n) is 4.66. The lowest BCUT2D eigenvalue weighted by molar-refractivity contribution is 0.419. The van der Waals surface area contributed by atoms with Crippen molar-refractivity contribution in [2.45, 2.75) is 19.9 Å². The molecule has 3 aromatic heterocycles. The number of hydrogen-bond donors (Lipinski definition) is 1. The average molecular weight is 374 g/mol. The van der Waals surface area contributed by atoms with Crippen LogP contribution in [0.2, 0.25) is 0 Å². The second-order valence-electron chi connectivity index (χ2n) is 6.80. The molecule has 3 heterocycles. The van der Waals surface area contributed by atoms with E-state index in [1.54, 1.807) is 18.1 Å². The molecular formula is C21H22N6O. The normalized spacial score (nSPS) is 12.1. The zero-order valence-electron chi connectivity index (χ0n) is 16.3. The Morgan fingerprint density at radius 1 is 1.11 bits per heavy atom. The van der Waals surface area contributed by atoms with Crippen LogP contribution in [0.5, 0.6) is 5.75 Å². The van der Waals surface area contributed by atoms with Gasteiger partial charge in [-0.1, -0.05) is 6.07 Å². The molecule has 0 unspecified atom stereocenters. The molecule has 1 atom stereocenters. The number of benzene rings is 1. The number of nitrogens with one attached hydrogen (secondary N) is 1. The van der Waals surface area contributed by atoms with Crippen molar-refractivity contribution in [1.82, 2.24) is 24.7 Å². The Balaban J connectivity index is 1.80. The van der Waals surface area contributed by atoms with E-state index in [9.17, 15) is 0 Å². The Morgan fingerprint density at radius 2 is 1.96 bits per heavy atom. The second-order valence-corrected chi connectivity index (χ2v) is 6.80. The molecule has 7 heteroatoms. The highest BCUT2D eigenvalue weighted by atomic mass is 16.5. The summed E-state index contributed by atoms with van der Waals surface area (Å²) in [5.74, 6) is 1.42. The lowest BCUT2D eigenvalue weighted by atomic mass is 10.1. The quantitative estimate of drug-likeness (QED) is 0.571. The minimum Gasteiger partial charge on any atom is -0.494 e. The third kappa shape index (κ3) is 3.38. The smallest absolute Gasteiger partial charge is 0.145 e. The highest BCUT2D eigenvalue weighted by Crippen LogP contribution is 2.34. The van der Waals surface area contributed by atoms with Crippen LogP contribution in [-0.2, 0) is 7.05 Å². The van der Waals surface area contributed by atoms with Gasteiger partial charge in [-0.3, -0.25) is 9.67 Å². The molecule has 1 N–H and O–H groups in total. The van der Waals surface area contributed by atoms with Crippen molar-refractivity contribution < 1.29 is 4.74 Å². The minimum atomic E-state index is -0.00792. The maximum absolute atomic E-state index is 5.60. The first-order valence-electron chi connectivity index (χ1n) is 9.07. The fraction of sp³-hybridized carbons (Fsp3) is 0.238. The topological polar surface area (TPSA) is 77.8 Å². The summed E-state index contributed by atoms with van der Waals surface area (Å²) in [6, 6.07) is 10.0. The number of nitrogens with zero attached hydrogens (tertiary/aromatic N) is 5. The van der Waals surface area contributed by atoms with Gasteiger partial charge in [-0.25, -0.2) is 9.97 Å². The number of hydrogen-bond acceptors (Lipinski definition) is 6. The maximum Gasteiger partial charge on any atom is 0.145 e. The summed E-state index contributed by atoms with van der Waals surface area (Å²) < 4.78 is 7.39. The molecule has 4 rings (SSSR count). The number of anilines is 1. The predicted molar refractivity (Wildman–Crippen MR) is 109 cm³/mol. The number of rotatable bonds is 5. The van der Waals surface area contributed by atoms with Gasteiger partial charge in [0, 0.05) is 30.4 Å². The van der Waals surface area contributed by atoms with Crippen LogP contribution in [0.1, 0.15) is 24.2 Å². The maximum atomic E-state index is 5.60. The molecule has 28 heavy (non-hydrogen) atoms. The van der Waals surface area contributed by atoms with Crippen molar-refractivity contribution in [1.29, 1.82) is 0 Å². The third-order valence-corrected chi connectivity index (χ3v) is 4.66. The van der Waals surface area contributed by atoms with Crippen molar-refractivity contribution in [2.24, 2.45) is 7.05 Å². The molecule has 0 amide bonds. The summed E-state index contributed by atoms with van der Waals surface area (Å²) in [5, 5.41) is 8.80. The van der Waals surface area contributed by atoms with Gasteiger partial charge >= 0.3 is 0 Å². The van der Waals surface area contributed by atoms with Gasteiger partial charge in [0.25, 0.3) is 0 Å². The predicted octanol–water partition coefficient (Wildman–Crippen LogP) is 3.92. The van der Waals surface area contributed by atoms with Crippen molar-refractivity contribution in [2.75, 3.05) is 12.4 Å². The molecule has 0 aliphatic heterocycles. The molecular weight excluding hydrogens is 352 g/mol. The fourth-order valence-electron chi connectivity index (χ4n) is 3.14. The largest absolute Gasteiger partial charge is 0.494 e. The number of fused-ring (bicyclic) bond motifs is 1. The van der Waals surface area contributed by atoms with Crippen LogP contribution >= 0.6 is 0 Å². The Labute approximate surface area is 163 Å². The Morgan fingerprint density at radius 3 is 2.64 bits per heavy atom. The highest BCUT2D eigenvalue weighted by Gasteiger charge is 2.15. The van der Waals surface area contributed by atoms with Crippen LogP contribution in [-0.4, -0.2) is 31.8 Å². The highest BCUT2D eigenvalue weighted by molar-refractivity contribution is 5.96. The molecule has 0 spiro atoms. The second kappa shape index (κ2) is 7.26. The average Bonchev–Trinajstić information content (AvgIpc) is 3.14. The van der Waals surface area contributed by atoms with E-state index < -0.39 is 0 Å². The monoisotopic (exact) mass is 374 g/mol. The number of aryl methyl sites for hydroxylation is 2. The van der Waals surface area contributed by atoms with Crippen LogP contribution in [0.3, 0.4) is 0 Å². The van der Waals surface area contributed by atoms with E-state index in [4.69, 9.17) is 4.74 Å². The van der Waals surface area contributed by atoms with Crippen molar-refractivity contribution in [3.63, 3.8) is 0 Å². The van der Waals surface area contributed by atoms with Crippen LogP contribution in [0.15, 0.2) is 49.1 Å². The van der Waals surface area contributed by atoms with Crippen LogP contribution in [0.25, 0.3) is 22.2 Å². The molecule has 0 aliphatic rings. The lowest BCUT2D eigenvalue weighted by Crippen LogP contribution is -2.10. The number of ether oxygens (including phenoxy) is 1. The Kier molecular flexibility index (Phi) is 4.65. The lowest BCUT2D eigenvalue weighted by Gasteiger charge is -2.15. The number of pyridine rings is 1. The van der Waals surface area contributed by atoms with Gasteiger partial charge in [0.15, 0.2) is 0 Å². The van der Waals surface area contributed by atoms with Gasteiger partial charge in [0.1, 0.15) is 23.4 Å². The van der Waals surface area contributed by atoms with E-state index in [1.165, 1.54) is 0 Å². The van der Waals surface area contributed by atoms with Crippen molar-refractivity contribution in [3.8, 4) is 17.0 Å². The molecule has 1 aromatic carbocycles. The molecule has 0 bridgehead atoms. The number of methoxy groups -OCH3 is 1. The summed E-state index contributed by atoms with van der Waals surface area (Å²) in [5.41, 5.74) is 4.64. The number of aromatic nitrogens is 5. The van der Waals surface area contributed by atoms with E-state index in [2.05, 4.69) is 32.3 Å². The van der Waals surface area contributed by atoms with E-state index in [0.29, 0.717) is 5.75 Å². The van der Waals surface area contributed by atoms with Crippen molar-refractivity contribution in [3.05, 3.63) is 60.3 Å². The Hall–Kier alpha value is -3.48. The molecule has 0 fully saturated rings. The standard InChI is InChI=1S/C21H22N6O/c1-13-5-6-18(22-11-13)15-9-16-20(19(10-15)28-4)23-12-24-21(16)25-14(2)17-7-8-27(3)26-17/h5-12,14H,1-4H3,(H,23,24,25)/t14-/m1/s1. The van der Waals surface area contributed by atoms with Crippen LogP contribution in [0.4, 0.5) is 5.82 Å². The van der Waals surface area contributed by atoms with Gasteiger partial charge in [0.2, 0.25) is 0 Å². The molecule has 0 saturated heterocycles. The molecule has 142 valence electrons. The van der Waals surface area contributed by atoms with Crippen LogP contribution in [0, 0.1) is 6.92 Å². The zero-order chi connectivity index (χ0) is 19.7. The van der Waals surface area contributed by atoms with Gasteiger partial charge in [-0.05, 0) is 43.7 Å². The molecule has 0 saturated carbocycles. The molecule has 4 aromatic rings. The van der Waals surface area contributed by atoms with Crippen LogP contribution < -0.4 is 10.1 Å².